The molecular formula is C21H23N5O2. The lowest BCUT2D eigenvalue weighted by Gasteiger charge is -2.21. The molecule has 0 amide bonds. The minimum Gasteiger partial charge on any atom is -0.486 e. The van der Waals surface area contributed by atoms with Gasteiger partial charge in [0.25, 0.3) is 0 Å². The quantitative estimate of drug-likeness (QED) is 0.710. The molecule has 0 atom stereocenters. The summed E-state index contributed by atoms with van der Waals surface area (Å²) in [5.74, 6) is 2.41. The third kappa shape index (κ3) is 4.37. The lowest BCUT2D eigenvalue weighted by atomic mass is 10.1. The van der Waals surface area contributed by atoms with Gasteiger partial charge in [0.05, 0.1) is 5.69 Å². The van der Waals surface area contributed by atoms with Gasteiger partial charge in [0.2, 0.25) is 0 Å². The molecule has 144 valence electrons. The number of aromatic nitrogens is 3. The molecule has 7 heteroatoms. The molecule has 0 spiro atoms. The second-order valence-corrected chi connectivity index (χ2v) is 6.59. The van der Waals surface area contributed by atoms with Crippen molar-refractivity contribution in [2.45, 2.75) is 19.9 Å². The molecule has 4 heterocycles. The molecule has 7 nitrogen and oxygen atoms in total. The van der Waals surface area contributed by atoms with Gasteiger partial charge in [-0.1, -0.05) is 6.07 Å². The number of ether oxygens (including phenoxy) is 2. The van der Waals surface area contributed by atoms with Crippen molar-refractivity contribution >= 4 is 11.5 Å². The predicted molar refractivity (Wildman–Crippen MR) is 107 cm³/mol. The molecular weight excluding hydrogens is 354 g/mol. The number of benzene rings is 1. The van der Waals surface area contributed by atoms with Gasteiger partial charge in [-0.15, -0.1) is 0 Å². The summed E-state index contributed by atoms with van der Waals surface area (Å²) < 4.78 is 11.1. The summed E-state index contributed by atoms with van der Waals surface area (Å²) >= 11 is 0. The molecule has 0 saturated carbocycles. The molecule has 2 aromatic heterocycles. The standard InChI is InChI=1S/C15H16N4O2.C6H7N/c1-2-13-14(21-6-5-20-13)7-10(1)19-15-11-8-16-4-3-12(11)17-9-18-15;1-6-3-2-4-7-5-6/h1-2,7,9,16H,3-6,8H2,(H,17,18,19);2-5H,1H3. The Bertz CT molecular complexity index is 933. The average Bonchev–Trinajstić information content (AvgIpc) is 2.75. The highest BCUT2D eigenvalue weighted by atomic mass is 16.6. The van der Waals surface area contributed by atoms with E-state index in [1.807, 2.05) is 43.5 Å². The van der Waals surface area contributed by atoms with E-state index in [2.05, 4.69) is 25.6 Å². The number of pyridine rings is 1. The minimum atomic E-state index is 0.587. The second-order valence-electron chi connectivity index (χ2n) is 6.59. The highest BCUT2D eigenvalue weighted by Crippen LogP contribution is 2.34. The van der Waals surface area contributed by atoms with Crippen LogP contribution in [0.3, 0.4) is 0 Å². The van der Waals surface area contributed by atoms with Crippen molar-refractivity contribution in [3.8, 4) is 11.5 Å². The molecule has 0 saturated heterocycles. The van der Waals surface area contributed by atoms with E-state index in [4.69, 9.17) is 9.47 Å². The van der Waals surface area contributed by atoms with Gasteiger partial charge in [0.1, 0.15) is 25.4 Å². The molecule has 2 aliphatic rings. The van der Waals surface area contributed by atoms with Crippen LogP contribution in [0.2, 0.25) is 0 Å². The maximum absolute atomic E-state index is 5.60. The van der Waals surface area contributed by atoms with Gasteiger partial charge in [-0.05, 0) is 30.7 Å². The van der Waals surface area contributed by atoms with E-state index < -0.39 is 0 Å². The first-order valence-corrected chi connectivity index (χ1v) is 9.36. The first-order valence-electron chi connectivity index (χ1n) is 9.36. The lowest BCUT2D eigenvalue weighted by Crippen LogP contribution is -2.25. The Hall–Kier alpha value is -3.19. The van der Waals surface area contributed by atoms with E-state index in [0.717, 1.165) is 53.8 Å². The van der Waals surface area contributed by atoms with Gasteiger partial charge in [0.15, 0.2) is 11.5 Å². The highest BCUT2D eigenvalue weighted by molar-refractivity contribution is 5.64. The Morgan fingerprint density at radius 3 is 2.75 bits per heavy atom. The molecule has 3 aromatic rings. The molecule has 28 heavy (non-hydrogen) atoms. The summed E-state index contributed by atoms with van der Waals surface area (Å²) in [5.41, 5.74) is 4.40. The smallest absolute Gasteiger partial charge is 0.163 e. The molecule has 0 aliphatic carbocycles. The fourth-order valence-electron chi connectivity index (χ4n) is 3.08. The Kier molecular flexibility index (Phi) is 5.63. The Labute approximate surface area is 164 Å². The number of hydrogen-bond donors (Lipinski definition) is 2. The fraction of sp³-hybridized carbons (Fsp3) is 0.286. The number of hydrogen-bond acceptors (Lipinski definition) is 7. The molecule has 2 N–H and O–H groups in total. The van der Waals surface area contributed by atoms with Crippen molar-refractivity contribution in [1.29, 1.82) is 0 Å². The first kappa shape index (κ1) is 18.2. The van der Waals surface area contributed by atoms with Crippen molar-refractivity contribution in [3.63, 3.8) is 0 Å². The van der Waals surface area contributed by atoms with Gasteiger partial charge in [-0.25, -0.2) is 9.97 Å². The highest BCUT2D eigenvalue weighted by Gasteiger charge is 2.16. The van der Waals surface area contributed by atoms with E-state index in [1.165, 1.54) is 5.56 Å². The largest absolute Gasteiger partial charge is 0.486 e. The number of fused-ring (bicyclic) bond motifs is 2. The zero-order valence-electron chi connectivity index (χ0n) is 15.8. The van der Waals surface area contributed by atoms with Gasteiger partial charge >= 0.3 is 0 Å². The molecule has 0 fully saturated rings. The maximum Gasteiger partial charge on any atom is 0.163 e. The minimum absolute atomic E-state index is 0.587. The topological polar surface area (TPSA) is 81.2 Å². The van der Waals surface area contributed by atoms with Gasteiger partial charge in [0, 0.05) is 49.2 Å². The van der Waals surface area contributed by atoms with Crippen LogP contribution in [0.25, 0.3) is 0 Å². The Morgan fingerprint density at radius 1 is 1.07 bits per heavy atom. The second kappa shape index (κ2) is 8.67. The number of rotatable bonds is 2. The van der Waals surface area contributed by atoms with E-state index in [0.29, 0.717) is 13.2 Å². The van der Waals surface area contributed by atoms with Crippen molar-refractivity contribution in [3.05, 3.63) is 65.9 Å². The molecule has 0 bridgehead atoms. The summed E-state index contributed by atoms with van der Waals surface area (Å²) in [5, 5.41) is 6.71. The normalized spacial score (nSPS) is 14.3. The third-order valence-corrected chi connectivity index (χ3v) is 4.49. The summed E-state index contributed by atoms with van der Waals surface area (Å²) in [6.45, 7) is 4.97. The summed E-state index contributed by atoms with van der Waals surface area (Å²) in [6.07, 6.45) is 6.16. The average molecular weight is 377 g/mol. The van der Waals surface area contributed by atoms with Crippen LogP contribution in [0.1, 0.15) is 16.8 Å². The van der Waals surface area contributed by atoms with Crippen LogP contribution in [0.4, 0.5) is 11.5 Å². The van der Waals surface area contributed by atoms with Crippen LogP contribution in [0, 0.1) is 6.92 Å². The van der Waals surface area contributed by atoms with Crippen molar-refractivity contribution in [1.82, 2.24) is 20.3 Å². The van der Waals surface area contributed by atoms with E-state index in [1.54, 1.807) is 12.5 Å². The van der Waals surface area contributed by atoms with Crippen LogP contribution in [0.5, 0.6) is 11.5 Å². The van der Waals surface area contributed by atoms with Gasteiger partial charge in [-0.2, -0.15) is 0 Å². The van der Waals surface area contributed by atoms with Gasteiger partial charge in [-0.3, -0.25) is 4.98 Å². The monoisotopic (exact) mass is 377 g/mol. The van der Waals surface area contributed by atoms with Crippen LogP contribution in [-0.2, 0) is 13.0 Å². The molecule has 5 rings (SSSR count). The Balaban J connectivity index is 0.000000233. The SMILES string of the molecule is Cc1cccnc1.c1nc2c(c(Nc3ccc4c(c3)OCCO4)n1)CNCC2. The van der Waals surface area contributed by atoms with Crippen molar-refractivity contribution < 1.29 is 9.47 Å². The van der Waals surface area contributed by atoms with E-state index in [-0.39, 0.29) is 0 Å². The fourth-order valence-corrected chi connectivity index (χ4v) is 3.08. The van der Waals surface area contributed by atoms with Gasteiger partial charge < -0.3 is 20.1 Å². The third-order valence-electron chi connectivity index (χ3n) is 4.49. The lowest BCUT2D eigenvalue weighted by molar-refractivity contribution is 0.171. The summed E-state index contributed by atoms with van der Waals surface area (Å²) in [7, 11) is 0. The van der Waals surface area contributed by atoms with Crippen LogP contribution < -0.4 is 20.1 Å². The van der Waals surface area contributed by atoms with Crippen molar-refractivity contribution in [2.75, 3.05) is 25.1 Å². The number of nitrogens with zero attached hydrogens (tertiary/aromatic N) is 3. The molecule has 0 radical (unpaired) electrons. The molecule has 2 aliphatic heterocycles. The van der Waals surface area contributed by atoms with Crippen LogP contribution in [0.15, 0.2) is 49.1 Å². The molecule has 1 aromatic carbocycles. The van der Waals surface area contributed by atoms with Crippen LogP contribution >= 0.6 is 0 Å². The number of aryl methyl sites for hydroxylation is 1. The first-order chi connectivity index (χ1) is 13.8. The molecule has 0 unspecified atom stereocenters. The van der Waals surface area contributed by atoms with E-state index >= 15 is 0 Å². The Morgan fingerprint density at radius 2 is 1.96 bits per heavy atom. The maximum atomic E-state index is 5.60. The van der Waals surface area contributed by atoms with Crippen molar-refractivity contribution in [2.24, 2.45) is 0 Å². The van der Waals surface area contributed by atoms with Crippen LogP contribution in [-0.4, -0.2) is 34.7 Å². The number of nitrogens with one attached hydrogen (secondary N) is 2. The summed E-state index contributed by atoms with van der Waals surface area (Å²) in [6, 6.07) is 9.78. The zero-order valence-corrected chi connectivity index (χ0v) is 15.8. The number of anilines is 2. The summed E-state index contributed by atoms with van der Waals surface area (Å²) in [4.78, 5) is 12.6. The zero-order chi connectivity index (χ0) is 19.2. The van der Waals surface area contributed by atoms with E-state index in [9.17, 15) is 0 Å². The predicted octanol–water partition coefficient (Wildman–Crippen LogP) is 3.03.